The molecule has 1 N–H and O–H groups in total. The van der Waals surface area contributed by atoms with Crippen LogP contribution in [0.3, 0.4) is 0 Å². The molecule has 0 saturated carbocycles. The molecule has 3 rings (SSSR count). The van der Waals surface area contributed by atoms with Gasteiger partial charge >= 0.3 is 0 Å². The molecule has 0 spiro atoms. The van der Waals surface area contributed by atoms with Crippen molar-refractivity contribution in [2.45, 2.75) is 25.8 Å². The van der Waals surface area contributed by atoms with Crippen molar-refractivity contribution >= 4 is 45.0 Å². The van der Waals surface area contributed by atoms with Crippen molar-refractivity contribution in [1.82, 2.24) is 15.1 Å². The predicted molar refractivity (Wildman–Crippen MR) is 106 cm³/mol. The van der Waals surface area contributed by atoms with E-state index in [4.69, 9.17) is 4.74 Å². The van der Waals surface area contributed by atoms with Gasteiger partial charge in [-0.05, 0) is 47.8 Å². The van der Waals surface area contributed by atoms with Crippen LogP contribution in [0, 0.1) is 5.92 Å². The van der Waals surface area contributed by atoms with Crippen molar-refractivity contribution in [2.75, 3.05) is 39.4 Å². The third-order valence-electron chi connectivity index (χ3n) is 4.99. The quantitative estimate of drug-likeness (QED) is 0.746. The fourth-order valence-electron chi connectivity index (χ4n) is 3.43. The van der Waals surface area contributed by atoms with E-state index in [1.54, 1.807) is 17.9 Å². The van der Waals surface area contributed by atoms with Gasteiger partial charge < -0.3 is 19.9 Å². The SMILES string of the molecule is CC(NC(=O)c1ccc(Br)s1)C(=O)N1CCC(C(=O)N2CCOCC2)CC1. The molecule has 1 aromatic rings. The second-order valence-corrected chi connectivity index (χ2v) is 9.30. The first-order chi connectivity index (χ1) is 13.0. The number of carbonyl (C=O) groups is 3. The van der Waals surface area contributed by atoms with Gasteiger partial charge in [-0.1, -0.05) is 0 Å². The van der Waals surface area contributed by atoms with Crippen LogP contribution in [0.25, 0.3) is 0 Å². The van der Waals surface area contributed by atoms with Crippen molar-refractivity contribution in [3.63, 3.8) is 0 Å². The summed E-state index contributed by atoms with van der Waals surface area (Å²) >= 11 is 4.66. The standard InChI is InChI=1S/C18H24BrN3O4S/c1-12(20-16(23)14-2-3-15(19)27-14)17(24)21-6-4-13(5-7-21)18(25)22-8-10-26-11-9-22/h2-3,12-13H,4-11H2,1H3,(H,20,23). The number of rotatable bonds is 4. The summed E-state index contributed by atoms with van der Waals surface area (Å²) in [6.45, 7) is 5.30. The first-order valence-electron chi connectivity index (χ1n) is 9.17. The molecule has 3 heterocycles. The molecule has 0 radical (unpaired) electrons. The summed E-state index contributed by atoms with van der Waals surface area (Å²) < 4.78 is 6.17. The molecule has 2 saturated heterocycles. The number of ether oxygens (including phenoxy) is 1. The lowest BCUT2D eigenvalue weighted by Crippen LogP contribution is -2.51. The Kier molecular flexibility index (Phi) is 6.88. The van der Waals surface area contributed by atoms with E-state index in [1.165, 1.54) is 11.3 Å². The highest BCUT2D eigenvalue weighted by molar-refractivity contribution is 9.11. The number of amides is 3. The number of hydrogen-bond acceptors (Lipinski definition) is 5. The highest BCUT2D eigenvalue weighted by Gasteiger charge is 2.32. The van der Waals surface area contributed by atoms with Crippen LogP contribution in [0.1, 0.15) is 29.4 Å². The van der Waals surface area contributed by atoms with Gasteiger partial charge in [0, 0.05) is 32.1 Å². The molecule has 1 unspecified atom stereocenters. The predicted octanol–water partition coefficient (Wildman–Crippen LogP) is 1.73. The zero-order chi connectivity index (χ0) is 19.4. The molecule has 1 atom stereocenters. The molecule has 7 nitrogen and oxygen atoms in total. The fourth-order valence-corrected chi connectivity index (χ4v) is 4.72. The Hall–Kier alpha value is -1.45. The van der Waals surface area contributed by atoms with E-state index in [9.17, 15) is 14.4 Å². The lowest BCUT2D eigenvalue weighted by Gasteiger charge is -2.36. The summed E-state index contributed by atoms with van der Waals surface area (Å²) in [6, 6.07) is 2.94. The molecule has 9 heteroatoms. The monoisotopic (exact) mass is 457 g/mol. The molecule has 0 aliphatic carbocycles. The number of carbonyl (C=O) groups excluding carboxylic acids is 3. The van der Waals surface area contributed by atoms with E-state index in [1.807, 2.05) is 11.0 Å². The van der Waals surface area contributed by atoms with Crippen molar-refractivity contribution < 1.29 is 19.1 Å². The number of hydrogen-bond donors (Lipinski definition) is 1. The van der Waals surface area contributed by atoms with Gasteiger partial charge in [-0.3, -0.25) is 14.4 Å². The molecule has 2 aliphatic heterocycles. The summed E-state index contributed by atoms with van der Waals surface area (Å²) in [5.74, 6) is -0.198. The lowest BCUT2D eigenvalue weighted by molar-refractivity contribution is -0.144. The first kappa shape index (κ1) is 20.3. The van der Waals surface area contributed by atoms with Gasteiger partial charge in [-0.25, -0.2) is 0 Å². The van der Waals surface area contributed by atoms with E-state index in [0.29, 0.717) is 57.1 Å². The van der Waals surface area contributed by atoms with E-state index in [-0.39, 0.29) is 23.6 Å². The first-order valence-corrected chi connectivity index (χ1v) is 10.8. The molecule has 148 valence electrons. The molecule has 3 amide bonds. The Bertz CT molecular complexity index is 697. The number of morpholine rings is 1. The van der Waals surface area contributed by atoms with Crippen LogP contribution < -0.4 is 5.32 Å². The molecule has 1 aromatic heterocycles. The molecular weight excluding hydrogens is 434 g/mol. The average molecular weight is 458 g/mol. The highest BCUT2D eigenvalue weighted by Crippen LogP contribution is 2.23. The van der Waals surface area contributed by atoms with Crippen LogP contribution >= 0.6 is 27.3 Å². The molecule has 0 aromatic carbocycles. The van der Waals surface area contributed by atoms with Crippen LogP contribution in [0.15, 0.2) is 15.9 Å². The van der Waals surface area contributed by atoms with Gasteiger partial charge in [0.1, 0.15) is 6.04 Å². The normalized spacial score (nSPS) is 19.6. The Morgan fingerprint density at radius 2 is 1.81 bits per heavy atom. The number of likely N-dealkylation sites (tertiary alicyclic amines) is 1. The van der Waals surface area contributed by atoms with Crippen LogP contribution in [0.4, 0.5) is 0 Å². The zero-order valence-electron chi connectivity index (χ0n) is 15.3. The highest BCUT2D eigenvalue weighted by atomic mass is 79.9. The second-order valence-electron chi connectivity index (χ2n) is 6.84. The second kappa shape index (κ2) is 9.16. The molecule has 0 bridgehead atoms. The Morgan fingerprint density at radius 3 is 2.41 bits per heavy atom. The van der Waals surface area contributed by atoms with Crippen LogP contribution in [0.5, 0.6) is 0 Å². The van der Waals surface area contributed by atoms with E-state index in [0.717, 1.165) is 3.79 Å². The summed E-state index contributed by atoms with van der Waals surface area (Å²) in [5.41, 5.74) is 0. The maximum atomic E-state index is 12.6. The Balaban J connectivity index is 1.47. The van der Waals surface area contributed by atoms with E-state index >= 15 is 0 Å². The van der Waals surface area contributed by atoms with Crippen LogP contribution in [-0.2, 0) is 14.3 Å². The molecule has 2 aliphatic rings. The third kappa shape index (κ3) is 5.08. The summed E-state index contributed by atoms with van der Waals surface area (Å²) in [5, 5.41) is 2.76. The minimum atomic E-state index is -0.593. The van der Waals surface area contributed by atoms with Crippen molar-refractivity contribution in [2.24, 2.45) is 5.92 Å². The smallest absolute Gasteiger partial charge is 0.262 e. The number of nitrogens with one attached hydrogen (secondary N) is 1. The topological polar surface area (TPSA) is 79.0 Å². The molecular formula is C18H24BrN3O4S. The van der Waals surface area contributed by atoms with Crippen molar-refractivity contribution in [1.29, 1.82) is 0 Å². The molecule has 27 heavy (non-hydrogen) atoms. The van der Waals surface area contributed by atoms with Crippen LogP contribution in [-0.4, -0.2) is 73.0 Å². The van der Waals surface area contributed by atoms with Gasteiger partial charge in [0.2, 0.25) is 11.8 Å². The van der Waals surface area contributed by atoms with Gasteiger partial charge in [-0.2, -0.15) is 0 Å². The summed E-state index contributed by atoms with van der Waals surface area (Å²) in [6.07, 6.45) is 1.33. The fraction of sp³-hybridized carbons (Fsp3) is 0.611. The Labute approximate surface area is 171 Å². The lowest BCUT2D eigenvalue weighted by atomic mass is 9.94. The summed E-state index contributed by atoms with van der Waals surface area (Å²) in [4.78, 5) is 41.6. The third-order valence-corrected chi connectivity index (χ3v) is 6.62. The average Bonchev–Trinajstić information content (AvgIpc) is 3.14. The number of piperidine rings is 1. The van der Waals surface area contributed by atoms with Crippen molar-refractivity contribution in [3.05, 3.63) is 20.8 Å². The number of thiophene rings is 1. The van der Waals surface area contributed by atoms with Gasteiger partial charge in [-0.15, -0.1) is 11.3 Å². The van der Waals surface area contributed by atoms with E-state index < -0.39 is 6.04 Å². The summed E-state index contributed by atoms with van der Waals surface area (Å²) in [7, 11) is 0. The maximum absolute atomic E-state index is 12.6. The largest absolute Gasteiger partial charge is 0.378 e. The maximum Gasteiger partial charge on any atom is 0.262 e. The molecule has 2 fully saturated rings. The minimum absolute atomic E-state index is 0.0273. The van der Waals surface area contributed by atoms with Crippen molar-refractivity contribution in [3.8, 4) is 0 Å². The van der Waals surface area contributed by atoms with Gasteiger partial charge in [0.15, 0.2) is 0 Å². The van der Waals surface area contributed by atoms with Crippen LogP contribution in [0.2, 0.25) is 0 Å². The van der Waals surface area contributed by atoms with Gasteiger partial charge in [0.25, 0.3) is 5.91 Å². The minimum Gasteiger partial charge on any atom is -0.378 e. The number of halogens is 1. The number of nitrogens with zero attached hydrogens (tertiary/aromatic N) is 2. The Morgan fingerprint density at radius 1 is 1.15 bits per heavy atom. The zero-order valence-corrected chi connectivity index (χ0v) is 17.7. The van der Waals surface area contributed by atoms with E-state index in [2.05, 4.69) is 21.2 Å². The van der Waals surface area contributed by atoms with Gasteiger partial charge in [0.05, 0.1) is 21.9 Å².